The smallest absolute Gasteiger partial charge is 0.266 e. The number of amides is 1. The number of nitrogens with zero attached hydrogens (tertiary/aromatic N) is 2. The number of furan rings is 1. The molecule has 2 heterocycles. The van der Waals surface area contributed by atoms with Crippen molar-refractivity contribution in [2.45, 2.75) is 0 Å². The second kappa shape index (κ2) is 6.87. The van der Waals surface area contributed by atoms with Crippen LogP contribution in [0.3, 0.4) is 0 Å². The van der Waals surface area contributed by atoms with Crippen LogP contribution in [0.1, 0.15) is 11.3 Å². The molecule has 2 aromatic rings. The number of hydrogen-bond acceptors (Lipinski definition) is 5. The summed E-state index contributed by atoms with van der Waals surface area (Å²) in [6.45, 7) is 4.02. The van der Waals surface area contributed by atoms with Gasteiger partial charge in [0.1, 0.15) is 15.8 Å². The van der Waals surface area contributed by atoms with Gasteiger partial charge in [0.05, 0.1) is 16.5 Å². The molecule has 6 heteroatoms. The Labute approximate surface area is 149 Å². The fourth-order valence-corrected chi connectivity index (χ4v) is 3.54. The molecule has 118 valence electrons. The molecule has 1 amide bonds. The summed E-state index contributed by atoms with van der Waals surface area (Å²) in [5, 5.41) is 9.18. The summed E-state index contributed by atoms with van der Waals surface area (Å²) in [6, 6.07) is 12.9. The van der Waals surface area contributed by atoms with E-state index in [1.54, 1.807) is 36.4 Å². The maximum atomic E-state index is 12.3. The predicted molar refractivity (Wildman–Crippen MR) is 98.9 cm³/mol. The maximum Gasteiger partial charge on any atom is 0.266 e. The van der Waals surface area contributed by atoms with E-state index in [1.807, 2.05) is 12.1 Å². The molecule has 1 aromatic heterocycles. The minimum Gasteiger partial charge on any atom is -0.457 e. The minimum absolute atomic E-state index is 0.153. The van der Waals surface area contributed by atoms with Crippen LogP contribution >= 0.6 is 24.0 Å². The molecule has 1 aliphatic heterocycles. The Morgan fingerprint density at radius 1 is 1.33 bits per heavy atom. The van der Waals surface area contributed by atoms with E-state index in [-0.39, 0.29) is 5.91 Å². The maximum absolute atomic E-state index is 12.3. The van der Waals surface area contributed by atoms with Crippen LogP contribution in [-0.4, -0.2) is 21.7 Å². The first-order valence-electron chi connectivity index (χ1n) is 7.09. The van der Waals surface area contributed by atoms with Crippen molar-refractivity contribution in [3.63, 3.8) is 0 Å². The first-order valence-corrected chi connectivity index (χ1v) is 8.32. The predicted octanol–water partition coefficient (Wildman–Crippen LogP) is 4.21. The van der Waals surface area contributed by atoms with Crippen molar-refractivity contribution in [2.24, 2.45) is 0 Å². The number of nitriles is 1. The standard InChI is InChI=1S/C18H12N2O2S2/c1-2-9-20-17(21)16(24-18(20)23)10-13-7-8-15(22-13)14-6-4-3-5-12(14)11-19/h2-8,10H,1,9H2/b16-10+. The van der Waals surface area contributed by atoms with E-state index in [4.69, 9.17) is 16.6 Å². The van der Waals surface area contributed by atoms with Crippen molar-refractivity contribution in [1.82, 2.24) is 4.90 Å². The molecule has 0 unspecified atom stereocenters. The Hall–Kier alpha value is -2.62. The lowest BCUT2D eigenvalue weighted by atomic mass is 10.1. The highest BCUT2D eigenvalue weighted by atomic mass is 32.2. The zero-order chi connectivity index (χ0) is 17.1. The van der Waals surface area contributed by atoms with Gasteiger partial charge in [-0.3, -0.25) is 9.69 Å². The highest BCUT2D eigenvalue weighted by Gasteiger charge is 2.31. The lowest BCUT2D eigenvalue weighted by Gasteiger charge is -2.10. The second-order valence-electron chi connectivity index (χ2n) is 4.94. The van der Waals surface area contributed by atoms with Gasteiger partial charge in [-0.25, -0.2) is 0 Å². The van der Waals surface area contributed by atoms with Crippen LogP contribution in [0.2, 0.25) is 0 Å². The van der Waals surface area contributed by atoms with E-state index in [0.29, 0.717) is 32.9 Å². The van der Waals surface area contributed by atoms with Gasteiger partial charge in [-0.2, -0.15) is 5.26 Å². The van der Waals surface area contributed by atoms with Gasteiger partial charge in [0.2, 0.25) is 0 Å². The molecule has 3 rings (SSSR count). The normalized spacial score (nSPS) is 15.8. The number of thiocarbonyl (C=S) groups is 1. The molecular formula is C18H12N2O2S2. The van der Waals surface area contributed by atoms with Crippen LogP contribution in [-0.2, 0) is 4.79 Å². The first-order chi connectivity index (χ1) is 11.6. The largest absolute Gasteiger partial charge is 0.457 e. The zero-order valence-corrected chi connectivity index (χ0v) is 14.2. The van der Waals surface area contributed by atoms with Gasteiger partial charge in [-0.1, -0.05) is 42.2 Å². The van der Waals surface area contributed by atoms with Gasteiger partial charge < -0.3 is 4.42 Å². The average Bonchev–Trinajstić information content (AvgIpc) is 3.15. The van der Waals surface area contributed by atoms with E-state index in [9.17, 15) is 10.1 Å². The van der Waals surface area contributed by atoms with Crippen LogP contribution in [0.4, 0.5) is 0 Å². The van der Waals surface area contributed by atoms with Gasteiger partial charge in [0.25, 0.3) is 5.91 Å². The van der Waals surface area contributed by atoms with Crippen LogP contribution in [0.5, 0.6) is 0 Å². The molecule has 0 radical (unpaired) electrons. The van der Waals surface area contributed by atoms with Crippen molar-refractivity contribution >= 4 is 40.3 Å². The summed E-state index contributed by atoms with van der Waals surface area (Å²) in [5.74, 6) is 0.970. The Bertz CT molecular complexity index is 906. The summed E-state index contributed by atoms with van der Waals surface area (Å²) >= 11 is 6.44. The number of rotatable bonds is 4. The summed E-state index contributed by atoms with van der Waals surface area (Å²) in [6.07, 6.45) is 3.30. The molecule has 0 saturated carbocycles. The lowest BCUT2D eigenvalue weighted by molar-refractivity contribution is -0.121. The highest BCUT2D eigenvalue weighted by molar-refractivity contribution is 8.26. The molecule has 0 N–H and O–H groups in total. The molecule has 1 saturated heterocycles. The van der Waals surface area contributed by atoms with E-state index in [0.717, 1.165) is 5.56 Å². The molecule has 1 aromatic carbocycles. The number of benzene rings is 1. The van der Waals surface area contributed by atoms with Crippen molar-refractivity contribution in [1.29, 1.82) is 5.26 Å². The number of hydrogen-bond donors (Lipinski definition) is 0. The highest BCUT2D eigenvalue weighted by Crippen LogP contribution is 2.33. The summed E-state index contributed by atoms with van der Waals surface area (Å²) in [4.78, 5) is 14.3. The van der Waals surface area contributed by atoms with Crippen LogP contribution in [0.15, 0.2) is 58.4 Å². The fourth-order valence-electron chi connectivity index (χ4n) is 2.29. The summed E-state index contributed by atoms with van der Waals surface area (Å²) in [7, 11) is 0. The van der Waals surface area contributed by atoms with Gasteiger partial charge in [0.15, 0.2) is 0 Å². The van der Waals surface area contributed by atoms with Gasteiger partial charge in [-0.05, 0) is 24.3 Å². The quantitative estimate of drug-likeness (QED) is 0.469. The molecule has 0 aliphatic carbocycles. The minimum atomic E-state index is -0.153. The Kier molecular flexibility index (Phi) is 4.65. The van der Waals surface area contributed by atoms with Crippen molar-refractivity contribution in [3.05, 3.63) is 65.3 Å². The molecular weight excluding hydrogens is 340 g/mol. The zero-order valence-electron chi connectivity index (χ0n) is 12.6. The van der Waals surface area contributed by atoms with Gasteiger partial charge >= 0.3 is 0 Å². The number of carbonyl (C=O) groups is 1. The summed E-state index contributed by atoms with van der Waals surface area (Å²) < 4.78 is 6.29. The Balaban J connectivity index is 1.90. The topological polar surface area (TPSA) is 57.2 Å². The van der Waals surface area contributed by atoms with Crippen molar-refractivity contribution in [2.75, 3.05) is 6.54 Å². The summed E-state index contributed by atoms with van der Waals surface area (Å²) in [5.41, 5.74) is 1.26. The van der Waals surface area contributed by atoms with Crippen molar-refractivity contribution in [3.8, 4) is 17.4 Å². The van der Waals surface area contributed by atoms with E-state index in [1.165, 1.54) is 16.7 Å². The first kappa shape index (κ1) is 16.2. The molecule has 1 aliphatic rings. The van der Waals surface area contributed by atoms with Crippen LogP contribution < -0.4 is 0 Å². The second-order valence-corrected chi connectivity index (χ2v) is 6.62. The number of carbonyl (C=O) groups excluding carboxylic acids is 1. The van der Waals surface area contributed by atoms with Crippen LogP contribution in [0, 0.1) is 11.3 Å². The van der Waals surface area contributed by atoms with Gasteiger partial charge in [0, 0.05) is 18.2 Å². The van der Waals surface area contributed by atoms with E-state index < -0.39 is 0 Å². The van der Waals surface area contributed by atoms with E-state index in [2.05, 4.69) is 12.6 Å². The molecule has 0 atom stereocenters. The fraction of sp³-hybridized carbons (Fsp3) is 0.0556. The third kappa shape index (κ3) is 3.04. The van der Waals surface area contributed by atoms with Crippen molar-refractivity contribution < 1.29 is 9.21 Å². The molecule has 24 heavy (non-hydrogen) atoms. The number of thioether (sulfide) groups is 1. The van der Waals surface area contributed by atoms with Crippen LogP contribution in [0.25, 0.3) is 17.4 Å². The molecule has 0 bridgehead atoms. The lowest BCUT2D eigenvalue weighted by Crippen LogP contribution is -2.27. The SMILES string of the molecule is C=CCN1C(=O)/C(=C\c2ccc(-c3ccccc3C#N)o2)SC1=S. The molecule has 1 fully saturated rings. The van der Waals surface area contributed by atoms with Gasteiger partial charge in [-0.15, -0.1) is 6.58 Å². The monoisotopic (exact) mass is 352 g/mol. The van der Waals surface area contributed by atoms with E-state index >= 15 is 0 Å². The molecule has 4 nitrogen and oxygen atoms in total. The third-order valence-electron chi connectivity index (χ3n) is 3.40. The average molecular weight is 352 g/mol. The third-order valence-corrected chi connectivity index (χ3v) is 4.78. The molecule has 0 spiro atoms. The Morgan fingerprint density at radius 3 is 2.88 bits per heavy atom. The Morgan fingerprint density at radius 2 is 2.12 bits per heavy atom.